The molecule has 0 radical (unpaired) electrons. The van der Waals surface area contributed by atoms with Gasteiger partial charge in [-0.15, -0.1) is 21.5 Å². The van der Waals surface area contributed by atoms with Crippen molar-refractivity contribution in [3.05, 3.63) is 29.8 Å². The molecule has 1 atom stereocenters. The standard InChI is InChI=1S/C15H19N7OS2/c1-9(2)22-12(6-7-17-22)18-14(23)10(3)25-15-20-19-13(21(15)16)11-5-4-8-24-11/h4-10H,16H2,1-3H3,(H,18,23). The van der Waals surface area contributed by atoms with Gasteiger partial charge in [-0.2, -0.15) is 5.10 Å². The van der Waals surface area contributed by atoms with E-state index in [1.54, 1.807) is 23.9 Å². The number of carbonyl (C=O) groups excluding carboxylic acids is 1. The molecule has 0 aromatic carbocycles. The highest BCUT2D eigenvalue weighted by atomic mass is 32.2. The number of thioether (sulfide) groups is 1. The second-order valence-corrected chi connectivity index (χ2v) is 7.91. The third-order valence-electron chi connectivity index (χ3n) is 3.47. The Balaban J connectivity index is 1.69. The maximum atomic E-state index is 12.5. The van der Waals surface area contributed by atoms with Crippen LogP contribution in [-0.4, -0.2) is 35.8 Å². The molecule has 3 heterocycles. The number of aromatic nitrogens is 5. The molecule has 25 heavy (non-hydrogen) atoms. The van der Waals surface area contributed by atoms with Crippen molar-refractivity contribution in [1.29, 1.82) is 0 Å². The summed E-state index contributed by atoms with van der Waals surface area (Å²) in [4.78, 5) is 13.4. The summed E-state index contributed by atoms with van der Waals surface area (Å²) in [6.07, 6.45) is 1.66. The number of nitrogens with two attached hydrogens (primary N) is 1. The summed E-state index contributed by atoms with van der Waals surface area (Å²) in [7, 11) is 0. The van der Waals surface area contributed by atoms with Gasteiger partial charge in [0.1, 0.15) is 5.82 Å². The molecular formula is C15H19N7OS2. The van der Waals surface area contributed by atoms with Gasteiger partial charge in [0.2, 0.25) is 11.1 Å². The molecule has 8 nitrogen and oxygen atoms in total. The minimum absolute atomic E-state index is 0.145. The summed E-state index contributed by atoms with van der Waals surface area (Å²) in [5, 5.41) is 17.4. The number of nitrogens with zero attached hydrogens (tertiary/aromatic N) is 5. The van der Waals surface area contributed by atoms with Crippen molar-refractivity contribution in [2.24, 2.45) is 0 Å². The highest BCUT2D eigenvalue weighted by Crippen LogP contribution is 2.27. The van der Waals surface area contributed by atoms with Crippen molar-refractivity contribution >= 4 is 34.8 Å². The Morgan fingerprint density at radius 2 is 2.12 bits per heavy atom. The number of nitrogens with one attached hydrogen (secondary N) is 1. The molecule has 132 valence electrons. The van der Waals surface area contributed by atoms with Crippen molar-refractivity contribution in [3.63, 3.8) is 0 Å². The van der Waals surface area contributed by atoms with Crippen molar-refractivity contribution < 1.29 is 4.79 Å². The van der Waals surface area contributed by atoms with Crippen LogP contribution < -0.4 is 11.2 Å². The Morgan fingerprint density at radius 1 is 1.32 bits per heavy atom. The predicted molar refractivity (Wildman–Crippen MR) is 100 cm³/mol. The maximum Gasteiger partial charge on any atom is 0.238 e. The van der Waals surface area contributed by atoms with E-state index in [4.69, 9.17) is 5.84 Å². The number of rotatable bonds is 6. The topological polar surface area (TPSA) is 104 Å². The number of nitrogen functional groups attached to an aromatic ring is 1. The molecule has 3 aromatic rings. The van der Waals surface area contributed by atoms with Crippen molar-refractivity contribution in [2.45, 2.75) is 37.2 Å². The monoisotopic (exact) mass is 377 g/mol. The lowest BCUT2D eigenvalue weighted by Gasteiger charge is -2.14. The second kappa shape index (κ2) is 7.28. The third kappa shape index (κ3) is 3.69. The van der Waals surface area contributed by atoms with Crippen LogP contribution >= 0.6 is 23.1 Å². The summed E-state index contributed by atoms with van der Waals surface area (Å²) >= 11 is 2.79. The van der Waals surface area contributed by atoms with E-state index < -0.39 is 5.25 Å². The van der Waals surface area contributed by atoms with Crippen LogP contribution in [0.3, 0.4) is 0 Å². The van der Waals surface area contributed by atoms with Gasteiger partial charge in [-0.25, -0.2) is 9.36 Å². The van der Waals surface area contributed by atoms with Gasteiger partial charge in [0.05, 0.1) is 16.3 Å². The number of carbonyl (C=O) groups is 1. The molecule has 0 fully saturated rings. The van der Waals surface area contributed by atoms with Gasteiger partial charge in [0.15, 0.2) is 5.82 Å². The molecule has 0 saturated heterocycles. The second-order valence-electron chi connectivity index (χ2n) is 5.66. The molecule has 3 rings (SSSR count). The molecule has 0 aliphatic heterocycles. The minimum atomic E-state index is -0.391. The van der Waals surface area contributed by atoms with Crippen LogP contribution in [0.25, 0.3) is 10.7 Å². The number of amides is 1. The molecule has 3 N–H and O–H groups in total. The van der Waals surface area contributed by atoms with E-state index in [-0.39, 0.29) is 11.9 Å². The van der Waals surface area contributed by atoms with E-state index in [0.29, 0.717) is 16.8 Å². The fourth-order valence-electron chi connectivity index (χ4n) is 2.20. The molecule has 0 bridgehead atoms. The lowest BCUT2D eigenvalue weighted by atomic mass is 10.4. The molecule has 10 heteroatoms. The zero-order chi connectivity index (χ0) is 18.0. The Hall–Kier alpha value is -2.33. The van der Waals surface area contributed by atoms with Crippen LogP contribution in [0.2, 0.25) is 0 Å². The van der Waals surface area contributed by atoms with E-state index in [9.17, 15) is 4.79 Å². The van der Waals surface area contributed by atoms with Gasteiger partial charge in [-0.1, -0.05) is 17.8 Å². The van der Waals surface area contributed by atoms with Gasteiger partial charge in [-0.05, 0) is 32.2 Å². The Labute approximate surface area is 153 Å². The average molecular weight is 377 g/mol. The zero-order valence-electron chi connectivity index (χ0n) is 14.1. The quantitative estimate of drug-likeness (QED) is 0.505. The van der Waals surface area contributed by atoms with Gasteiger partial charge in [-0.3, -0.25) is 4.79 Å². The SMILES string of the molecule is CC(Sc1nnc(-c2cccs2)n1N)C(=O)Nc1ccnn1C(C)C. The van der Waals surface area contributed by atoms with Crippen LogP contribution in [0.5, 0.6) is 0 Å². The normalized spacial score (nSPS) is 12.5. The maximum absolute atomic E-state index is 12.5. The summed E-state index contributed by atoms with van der Waals surface area (Å²) in [5.41, 5.74) is 0. The van der Waals surface area contributed by atoms with Crippen LogP contribution in [0.1, 0.15) is 26.8 Å². The first-order valence-electron chi connectivity index (χ1n) is 7.72. The number of thiophene rings is 1. The Kier molecular flexibility index (Phi) is 5.09. The van der Waals surface area contributed by atoms with E-state index in [0.717, 1.165) is 4.88 Å². The number of anilines is 1. The lowest BCUT2D eigenvalue weighted by molar-refractivity contribution is -0.115. The fraction of sp³-hybridized carbons (Fsp3) is 0.333. The number of hydrogen-bond donors (Lipinski definition) is 2. The van der Waals surface area contributed by atoms with Gasteiger partial charge < -0.3 is 11.2 Å². The van der Waals surface area contributed by atoms with Crippen LogP contribution in [0.4, 0.5) is 5.82 Å². The molecule has 0 aliphatic rings. The summed E-state index contributed by atoms with van der Waals surface area (Å²) in [6, 6.07) is 5.79. The highest BCUT2D eigenvalue weighted by Gasteiger charge is 2.21. The molecular weight excluding hydrogens is 358 g/mol. The van der Waals surface area contributed by atoms with E-state index in [1.807, 2.05) is 31.4 Å². The first kappa shape index (κ1) is 17.5. The molecule has 1 unspecified atom stereocenters. The van der Waals surface area contributed by atoms with Crippen molar-refractivity contribution in [3.8, 4) is 10.7 Å². The Morgan fingerprint density at radius 3 is 2.80 bits per heavy atom. The molecule has 1 amide bonds. The molecule has 0 aliphatic carbocycles. The zero-order valence-corrected chi connectivity index (χ0v) is 15.7. The lowest BCUT2D eigenvalue weighted by Crippen LogP contribution is -2.25. The van der Waals surface area contributed by atoms with Crippen molar-refractivity contribution in [1.82, 2.24) is 24.7 Å². The van der Waals surface area contributed by atoms with Gasteiger partial charge >= 0.3 is 0 Å². The van der Waals surface area contributed by atoms with Gasteiger partial charge in [0.25, 0.3) is 0 Å². The average Bonchev–Trinajstić information content (AvgIpc) is 3.29. The summed E-state index contributed by atoms with van der Waals surface area (Å²) < 4.78 is 3.17. The van der Waals surface area contributed by atoms with E-state index in [1.165, 1.54) is 27.8 Å². The minimum Gasteiger partial charge on any atom is -0.335 e. The highest BCUT2D eigenvalue weighted by molar-refractivity contribution is 8.00. The van der Waals surface area contributed by atoms with E-state index >= 15 is 0 Å². The smallest absolute Gasteiger partial charge is 0.238 e. The van der Waals surface area contributed by atoms with Crippen molar-refractivity contribution in [2.75, 3.05) is 11.2 Å². The molecule has 0 spiro atoms. The van der Waals surface area contributed by atoms with Crippen LogP contribution in [0.15, 0.2) is 34.9 Å². The molecule has 3 aromatic heterocycles. The van der Waals surface area contributed by atoms with E-state index in [2.05, 4.69) is 20.6 Å². The van der Waals surface area contributed by atoms with Gasteiger partial charge in [0, 0.05) is 12.1 Å². The van der Waals surface area contributed by atoms with Crippen LogP contribution in [0, 0.1) is 0 Å². The first-order valence-corrected chi connectivity index (χ1v) is 9.48. The first-order chi connectivity index (χ1) is 12.0. The predicted octanol–water partition coefficient (Wildman–Crippen LogP) is 2.62. The summed E-state index contributed by atoms with van der Waals surface area (Å²) in [5.74, 6) is 7.18. The third-order valence-corrected chi connectivity index (χ3v) is 5.39. The number of hydrogen-bond acceptors (Lipinski definition) is 7. The Bertz CT molecular complexity index is 853. The summed E-state index contributed by atoms with van der Waals surface area (Å²) in [6.45, 7) is 5.81. The fourth-order valence-corrected chi connectivity index (χ4v) is 3.67. The molecule has 0 saturated carbocycles. The van der Waals surface area contributed by atoms with Crippen LogP contribution in [-0.2, 0) is 4.79 Å². The largest absolute Gasteiger partial charge is 0.335 e.